The first kappa shape index (κ1) is 15.5. The Morgan fingerprint density at radius 2 is 1.90 bits per heavy atom. The van der Waals surface area contributed by atoms with E-state index in [4.69, 9.17) is 5.73 Å². The summed E-state index contributed by atoms with van der Waals surface area (Å²) >= 11 is 0. The van der Waals surface area contributed by atoms with E-state index in [0.29, 0.717) is 12.2 Å². The number of anilines is 1. The molecule has 2 aromatic rings. The Labute approximate surface area is 126 Å². The normalized spacial score (nSPS) is 11.4. The van der Waals surface area contributed by atoms with Crippen LogP contribution in [0.1, 0.15) is 23.6 Å². The predicted molar refractivity (Wildman–Crippen MR) is 85.7 cm³/mol. The van der Waals surface area contributed by atoms with Crippen LogP contribution in [0.3, 0.4) is 0 Å². The van der Waals surface area contributed by atoms with Crippen LogP contribution in [0.2, 0.25) is 0 Å². The molecule has 0 saturated carbocycles. The van der Waals surface area contributed by atoms with Gasteiger partial charge in [0.25, 0.3) is 10.0 Å². The van der Waals surface area contributed by atoms with E-state index in [1.54, 1.807) is 24.3 Å². The predicted octanol–water partition coefficient (Wildman–Crippen LogP) is 2.82. The van der Waals surface area contributed by atoms with Crippen molar-refractivity contribution >= 4 is 15.7 Å². The number of sulfonamides is 1. The summed E-state index contributed by atoms with van der Waals surface area (Å²) in [5.74, 6) is 0. The number of rotatable bonds is 5. The molecule has 2 aromatic carbocycles. The molecule has 0 aliphatic heterocycles. The molecule has 2 rings (SSSR count). The van der Waals surface area contributed by atoms with E-state index in [1.165, 1.54) is 0 Å². The Kier molecular flexibility index (Phi) is 4.65. The summed E-state index contributed by atoms with van der Waals surface area (Å²) in [6.07, 6.45) is 0.861. The molecular weight excluding hydrogens is 284 g/mol. The third-order valence-electron chi connectivity index (χ3n) is 3.43. The maximum absolute atomic E-state index is 12.4. The maximum Gasteiger partial charge on any atom is 0.261 e. The Balaban J connectivity index is 2.31. The minimum absolute atomic E-state index is 0.249. The Morgan fingerprint density at radius 1 is 1.14 bits per heavy atom. The molecular formula is C16H20N2O2S. The lowest BCUT2D eigenvalue weighted by Crippen LogP contribution is -2.13. The summed E-state index contributed by atoms with van der Waals surface area (Å²) in [6, 6.07) is 12.4. The summed E-state index contributed by atoms with van der Waals surface area (Å²) in [4.78, 5) is 0.249. The smallest absolute Gasteiger partial charge is 0.261 e. The Hall–Kier alpha value is -1.85. The van der Waals surface area contributed by atoms with Gasteiger partial charge in [-0.2, -0.15) is 0 Å². The van der Waals surface area contributed by atoms with Crippen LogP contribution in [0.4, 0.5) is 5.69 Å². The van der Waals surface area contributed by atoms with Crippen LogP contribution in [0.25, 0.3) is 0 Å². The lowest BCUT2D eigenvalue weighted by Gasteiger charge is -2.11. The first-order valence-corrected chi connectivity index (χ1v) is 8.36. The van der Waals surface area contributed by atoms with Crippen molar-refractivity contribution in [1.29, 1.82) is 0 Å². The standard InChI is InChI=1S/C16H20N2O2S/c1-3-13-5-4-6-15(10-13)18-21(19,20)16-8-7-14(11-17)12(2)9-16/h4-10,18H,3,11,17H2,1-2H3. The van der Waals surface area contributed by atoms with Gasteiger partial charge in [0.1, 0.15) is 0 Å². The van der Waals surface area contributed by atoms with Gasteiger partial charge < -0.3 is 5.73 Å². The fraction of sp³-hybridized carbons (Fsp3) is 0.250. The third kappa shape index (κ3) is 3.62. The van der Waals surface area contributed by atoms with Gasteiger partial charge in [-0.25, -0.2) is 8.42 Å². The van der Waals surface area contributed by atoms with E-state index in [-0.39, 0.29) is 4.90 Å². The third-order valence-corrected chi connectivity index (χ3v) is 4.81. The molecule has 0 unspecified atom stereocenters. The summed E-state index contributed by atoms with van der Waals surface area (Å²) < 4.78 is 27.4. The van der Waals surface area contributed by atoms with Gasteiger partial charge in [-0.1, -0.05) is 25.1 Å². The van der Waals surface area contributed by atoms with Crippen molar-refractivity contribution in [3.05, 3.63) is 59.2 Å². The molecule has 0 aromatic heterocycles. The van der Waals surface area contributed by atoms with Crippen molar-refractivity contribution in [3.8, 4) is 0 Å². The molecule has 0 spiro atoms. The maximum atomic E-state index is 12.4. The van der Waals surface area contributed by atoms with Gasteiger partial charge in [-0.3, -0.25) is 4.72 Å². The van der Waals surface area contributed by atoms with Crippen molar-refractivity contribution < 1.29 is 8.42 Å². The van der Waals surface area contributed by atoms with Crippen LogP contribution in [0, 0.1) is 6.92 Å². The average molecular weight is 304 g/mol. The molecule has 112 valence electrons. The Bertz CT molecular complexity index is 740. The zero-order valence-corrected chi connectivity index (χ0v) is 13.1. The van der Waals surface area contributed by atoms with Crippen molar-refractivity contribution in [2.45, 2.75) is 31.7 Å². The fourth-order valence-electron chi connectivity index (χ4n) is 2.13. The van der Waals surface area contributed by atoms with Crippen molar-refractivity contribution in [2.75, 3.05) is 4.72 Å². The van der Waals surface area contributed by atoms with Crippen LogP contribution in [-0.2, 0) is 23.0 Å². The van der Waals surface area contributed by atoms with E-state index in [1.807, 2.05) is 32.0 Å². The second kappa shape index (κ2) is 6.28. The lowest BCUT2D eigenvalue weighted by molar-refractivity contribution is 0.601. The zero-order chi connectivity index (χ0) is 15.5. The van der Waals surface area contributed by atoms with E-state index < -0.39 is 10.0 Å². The first-order chi connectivity index (χ1) is 9.96. The number of aryl methyl sites for hydroxylation is 2. The van der Waals surface area contributed by atoms with Gasteiger partial charge in [0.2, 0.25) is 0 Å². The van der Waals surface area contributed by atoms with E-state index in [2.05, 4.69) is 4.72 Å². The van der Waals surface area contributed by atoms with E-state index >= 15 is 0 Å². The second-order valence-corrected chi connectivity index (χ2v) is 6.63. The van der Waals surface area contributed by atoms with Gasteiger partial charge in [0.15, 0.2) is 0 Å². The van der Waals surface area contributed by atoms with Gasteiger partial charge >= 0.3 is 0 Å². The fourth-order valence-corrected chi connectivity index (χ4v) is 3.27. The molecule has 0 atom stereocenters. The highest BCUT2D eigenvalue weighted by atomic mass is 32.2. The Morgan fingerprint density at radius 3 is 2.52 bits per heavy atom. The molecule has 0 amide bonds. The van der Waals surface area contributed by atoms with Crippen LogP contribution < -0.4 is 10.5 Å². The number of nitrogens with two attached hydrogens (primary N) is 1. The van der Waals surface area contributed by atoms with Crippen LogP contribution in [0.15, 0.2) is 47.4 Å². The second-order valence-electron chi connectivity index (χ2n) is 4.95. The van der Waals surface area contributed by atoms with Crippen LogP contribution in [-0.4, -0.2) is 8.42 Å². The highest BCUT2D eigenvalue weighted by Crippen LogP contribution is 2.20. The number of nitrogens with one attached hydrogen (secondary N) is 1. The molecule has 0 fully saturated rings. The zero-order valence-electron chi connectivity index (χ0n) is 12.3. The summed E-state index contributed by atoms with van der Waals surface area (Å²) in [5, 5.41) is 0. The molecule has 21 heavy (non-hydrogen) atoms. The van der Waals surface area contributed by atoms with Crippen molar-refractivity contribution in [3.63, 3.8) is 0 Å². The van der Waals surface area contributed by atoms with Gasteiger partial charge in [-0.15, -0.1) is 0 Å². The molecule has 4 nitrogen and oxygen atoms in total. The van der Waals surface area contributed by atoms with Gasteiger partial charge in [0.05, 0.1) is 4.90 Å². The minimum Gasteiger partial charge on any atom is -0.326 e. The molecule has 3 N–H and O–H groups in total. The molecule has 0 radical (unpaired) electrons. The molecule has 0 bridgehead atoms. The summed E-state index contributed by atoms with van der Waals surface area (Å²) in [7, 11) is -3.58. The van der Waals surface area contributed by atoms with Crippen molar-refractivity contribution in [2.24, 2.45) is 5.73 Å². The highest BCUT2D eigenvalue weighted by molar-refractivity contribution is 7.92. The molecule has 0 aliphatic rings. The average Bonchev–Trinajstić information content (AvgIpc) is 2.47. The topological polar surface area (TPSA) is 72.2 Å². The number of hydrogen-bond donors (Lipinski definition) is 2. The summed E-state index contributed by atoms with van der Waals surface area (Å²) in [5.41, 5.74) is 9.09. The molecule has 5 heteroatoms. The monoisotopic (exact) mass is 304 g/mol. The van der Waals surface area contributed by atoms with E-state index in [0.717, 1.165) is 23.1 Å². The highest BCUT2D eigenvalue weighted by Gasteiger charge is 2.15. The largest absolute Gasteiger partial charge is 0.326 e. The minimum atomic E-state index is -3.58. The van der Waals surface area contributed by atoms with Crippen molar-refractivity contribution in [1.82, 2.24) is 0 Å². The van der Waals surface area contributed by atoms with Crippen LogP contribution in [0.5, 0.6) is 0 Å². The molecule has 0 heterocycles. The summed E-state index contributed by atoms with van der Waals surface area (Å²) in [6.45, 7) is 4.29. The molecule has 0 aliphatic carbocycles. The van der Waals surface area contributed by atoms with E-state index in [9.17, 15) is 8.42 Å². The van der Waals surface area contributed by atoms with Crippen LogP contribution >= 0.6 is 0 Å². The molecule has 0 saturated heterocycles. The quantitative estimate of drug-likeness (QED) is 0.892. The SMILES string of the molecule is CCc1cccc(NS(=O)(=O)c2ccc(CN)c(C)c2)c1. The van der Waals surface area contributed by atoms with Gasteiger partial charge in [-0.05, 0) is 54.3 Å². The number of hydrogen-bond acceptors (Lipinski definition) is 3. The number of benzene rings is 2. The van der Waals surface area contributed by atoms with Gasteiger partial charge in [0, 0.05) is 12.2 Å². The first-order valence-electron chi connectivity index (χ1n) is 6.87. The lowest BCUT2D eigenvalue weighted by atomic mass is 10.1.